The van der Waals surface area contributed by atoms with E-state index in [1.807, 2.05) is 24.3 Å². The SMILES string of the molecule is Oc1cccc(Cn2c(CC3CCCN3)nc3cccnc32)c1. The van der Waals surface area contributed by atoms with Crippen LogP contribution < -0.4 is 5.32 Å². The Bertz CT molecular complexity index is 821. The minimum Gasteiger partial charge on any atom is -0.508 e. The van der Waals surface area contributed by atoms with Crippen molar-refractivity contribution in [3.8, 4) is 5.75 Å². The van der Waals surface area contributed by atoms with Crippen molar-refractivity contribution in [2.24, 2.45) is 0 Å². The number of hydrogen-bond donors (Lipinski definition) is 2. The first-order valence-corrected chi connectivity index (χ1v) is 8.11. The van der Waals surface area contributed by atoms with E-state index < -0.39 is 0 Å². The standard InChI is InChI=1S/C18H20N4O/c23-15-6-1-4-13(10-15)12-22-17(11-14-5-2-8-19-14)21-16-7-3-9-20-18(16)22/h1,3-4,6-7,9-10,14,19,23H,2,5,8,11-12H2. The van der Waals surface area contributed by atoms with Crippen molar-refractivity contribution in [2.45, 2.75) is 31.8 Å². The summed E-state index contributed by atoms with van der Waals surface area (Å²) in [4.78, 5) is 9.31. The van der Waals surface area contributed by atoms with E-state index in [0.29, 0.717) is 18.3 Å². The number of hydrogen-bond acceptors (Lipinski definition) is 4. The van der Waals surface area contributed by atoms with Gasteiger partial charge in [-0.3, -0.25) is 0 Å². The molecule has 3 aromatic rings. The van der Waals surface area contributed by atoms with E-state index in [9.17, 15) is 5.11 Å². The molecule has 1 aliphatic rings. The molecule has 0 aliphatic carbocycles. The van der Waals surface area contributed by atoms with Crippen LogP contribution in [0.15, 0.2) is 42.6 Å². The third-order valence-electron chi connectivity index (χ3n) is 4.43. The van der Waals surface area contributed by atoms with Gasteiger partial charge in [-0.2, -0.15) is 0 Å². The van der Waals surface area contributed by atoms with Crippen molar-refractivity contribution < 1.29 is 5.11 Å². The van der Waals surface area contributed by atoms with Crippen molar-refractivity contribution in [3.63, 3.8) is 0 Å². The fourth-order valence-electron chi connectivity index (χ4n) is 3.32. The molecule has 2 N–H and O–H groups in total. The third kappa shape index (κ3) is 2.92. The molecule has 2 aromatic heterocycles. The lowest BCUT2D eigenvalue weighted by Gasteiger charge is -2.13. The summed E-state index contributed by atoms with van der Waals surface area (Å²) in [5, 5.41) is 13.2. The third-order valence-corrected chi connectivity index (χ3v) is 4.43. The number of phenolic OH excluding ortho intramolecular Hbond substituents is 1. The van der Waals surface area contributed by atoms with Gasteiger partial charge in [0, 0.05) is 18.7 Å². The Hall–Kier alpha value is -2.40. The number of benzene rings is 1. The van der Waals surface area contributed by atoms with Crippen LogP contribution in [0.25, 0.3) is 11.2 Å². The van der Waals surface area contributed by atoms with Gasteiger partial charge < -0.3 is 15.0 Å². The number of nitrogens with one attached hydrogen (secondary N) is 1. The number of pyridine rings is 1. The minimum absolute atomic E-state index is 0.291. The molecule has 1 aromatic carbocycles. The van der Waals surface area contributed by atoms with E-state index in [0.717, 1.165) is 35.5 Å². The second-order valence-electron chi connectivity index (χ2n) is 6.13. The van der Waals surface area contributed by atoms with Crippen molar-refractivity contribution >= 4 is 11.2 Å². The first-order valence-electron chi connectivity index (χ1n) is 8.11. The molecule has 0 amide bonds. The predicted octanol–water partition coefficient (Wildman–Crippen LogP) is 2.48. The van der Waals surface area contributed by atoms with Crippen LogP contribution in [0.5, 0.6) is 5.75 Å². The molecular weight excluding hydrogens is 288 g/mol. The van der Waals surface area contributed by atoms with Gasteiger partial charge in [0.2, 0.25) is 0 Å². The van der Waals surface area contributed by atoms with Crippen LogP contribution in [0, 0.1) is 0 Å². The summed E-state index contributed by atoms with van der Waals surface area (Å²) in [7, 11) is 0. The Balaban J connectivity index is 1.72. The van der Waals surface area contributed by atoms with E-state index in [1.165, 1.54) is 12.8 Å². The van der Waals surface area contributed by atoms with Crippen molar-refractivity contribution in [1.29, 1.82) is 0 Å². The van der Waals surface area contributed by atoms with Crippen molar-refractivity contribution in [3.05, 3.63) is 54.0 Å². The van der Waals surface area contributed by atoms with Gasteiger partial charge >= 0.3 is 0 Å². The Morgan fingerprint density at radius 2 is 2.22 bits per heavy atom. The lowest BCUT2D eigenvalue weighted by atomic mass is 10.1. The summed E-state index contributed by atoms with van der Waals surface area (Å²) >= 11 is 0. The number of aromatic nitrogens is 3. The molecule has 0 radical (unpaired) electrons. The largest absolute Gasteiger partial charge is 0.508 e. The van der Waals surface area contributed by atoms with Gasteiger partial charge in [0.05, 0.1) is 6.54 Å². The predicted molar refractivity (Wildman–Crippen MR) is 89.5 cm³/mol. The van der Waals surface area contributed by atoms with Gasteiger partial charge in [-0.15, -0.1) is 0 Å². The first kappa shape index (κ1) is 14.2. The van der Waals surface area contributed by atoms with E-state index >= 15 is 0 Å². The Labute approximate surface area is 135 Å². The molecule has 118 valence electrons. The van der Waals surface area contributed by atoms with Crippen LogP contribution in [-0.4, -0.2) is 32.2 Å². The van der Waals surface area contributed by atoms with Crippen LogP contribution in [0.4, 0.5) is 0 Å². The average Bonchev–Trinajstić information content (AvgIpc) is 3.17. The highest BCUT2D eigenvalue weighted by Crippen LogP contribution is 2.20. The molecule has 0 spiro atoms. The second-order valence-corrected chi connectivity index (χ2v) is 6.13. The monoisotopic (exact) mass is 308 g/mol. The topological polar surface area (TPSA) is 63.0 Å². The van der Waals surface area contributed by atoms with Gasteiger partial charge in [0.1, 0.15) is 17.1 Å². The number of fused-ring (bicyclic) bond motifs is 1. The number of nitrogens with zero attached hydrogens (tertiary/aromatic N) is 3. The summed E-state index contributed by atoms with van der Waals surface area (Å²) in [6, 6.07) is 11.8. The maximum atomic E-state index is 9.70. The Morgan fingerprint density at radius 1 is 1.26 bits per heavy atom. The summed E-state index contributed by atoms with van der Waals surface area (Å²) < 4.78 is 2.17. The molecule has 1 fully saturated rings. The Morgan fingerprint density at radius 3 is 3.04 bits per heavy atom. The quantitative estimate of drug-likeness (QED) is 0.777. The van der Waals surface area contributed by atoms with Crippen LogP contribution >= 0.6 is 0 Å². The average molecular weight is 308 g/mol. The summed E-state index contributed by atoms with van der Waals surface area (Å²) in [6.45, 7) is 1.76. The zero-order valence-corrected chi connectivity index (χ0v) is 12.9. The van der Waals surface area contributed by atoms with E-state index in [4.69, 9.17) is 4.98 Å². The van der Waals surface area contributed by atoms with Crippen LogP contribution in [0.3, 0.4) is 0 Å². The molecule has 5 nitrogen and oxygen atoms in total. The van der Waals surface area contributed by atoms with Crippen molar-refractivity contribution in [1.82, 2.24) is 19.9 Å². The number of phenols is 1. The fraction of sp³-hybridized carbons (Fsp3) is 0.333. The highest BCUT2D eigenvalue weighted by Gasteiger charge is 2.19. The van der Waals surface area contributed by atoms with Gasteiger partial charge in [0.25, 0.3) is 0 Å². The summed E-state index contributed by atoms with van der Waals surface area (Å²) in [5.74, 6) is 1.35. The highest BCUT2D eigenvalue weighted by atomic mass is 16.3. The van der Waals surface area contributed by atoms with Crippen molar-refractivity contribution in [2.75, 3.05) is 6.54 Å². The maximum Gasteiger partial charge on any atom is 0.160 e. The highest BCUT2D eigenvalue weighted by molar-refractivity contribution is 5.71. The molecule has 1 saturated heterocycles. The lowest BCUT2D eigenvalue weighted by Crippen LogP contribution is -2.25. The molecule has 1 aliphatic heterocycles. The maximum absolute atomic E-state index is 9.70. The smallest absolute Gasteiger partial charge is 0.160 e. The molecule has 1 unspecified atom stereocenters. The summed E-state index contributed by atoms with van der Waals surface area (Å²) in [6.07, 6.45) is 5.15. The molecular formula is C18H20N4O. The Kier molecular flexibility index (Phi) is 3.71. The first-order chi connectivity index (χ1) is 11.3. The molecule has 3 heterocycles. The van der Waals surface area contributed by atoms with Gasteiger partial charge in [-0.05, 0) is 49.2 Å². The molecule has 23 heavy (non-hydrogen) atoms. The molecule has 1 atom stereocenters. The van der Waals surface area contributed by atoms with E-state index in [1.54, 1.807) is 18.3 Å². The molecule has 0 bridgehead atoms. The van der Waals surface area contributed by atoms with Crippen LogP contribution in [0.2, 0.25) is 0 Å². The van der Waals surface area contributed by atoms with E-state index in [-0.39, 0.29) is 0 Å². The van der Waals surface area contributed by atoms with Gasteiger partial charge in [0.15, 0.2) is 5.65 Å². The molecule has 5 heteroatoms. The van der Waals surface area contributed by atoms with Gasteiger partial charge in [-0.25, -0.2) is 9.97 Å². The fourth-order valence-corrected chi connectivity index (χ4v) is 3.32. The number of imidazole rings is 1. The van der Waals surface area contributed by atoms with E-state index in [2.05, 4.69) is 14.9 Å². The normalized spacial score (nSPS) is 17.8. The minimum atomic E-state index is 0.291. The molecule has 0 saturated carbocycles. The number of aromatic hydroxyl groups is 1. The zero-order valence-electron chi connectivity index (χ0n) is 12.9. The van der Waals surface area contributed by atoms with Crippen LogP contribution in [0.1, 0.15) is 24.2 Å². The summed E-state index contributed by atoms with van der Waals surface area (Å²) in [5.41, 5.74) is 2.89. The lowest BCUT2D eigenvalue weighted by molar-refractivity contribution is 0.474. The number of rotatable bonds is 4. The van der Waals surface area contributed by atoms with Gasteiger partial charge in [-0.1, -0.05) is 12.1 Å². The second kappa shape index (κ2) is 6.01. The molecule has 4 rings (SSSR count). The van der Waals surface area contributed by atoms with Crippen LogP contribution in [-0.2, 0) is 13.0 Å². The zero-order chi connectivity index (χ0) is 15.6.